The van der Waals surface area contributed by atoms with Crippen molar-refractivity contribution in [3.8, 4) is 0 Å². The van der Waals surface area contributed by atoms with Crippen molar-refractivity contribution in [1.82, 2.24) is 15.5 Å². The Labute approximate surface area is 118 Å². The topological polar surface area (TPSA) is 149 Å². The summed E-state index contributed by atoms with van der Waals surface area (Å²) in [6.07, 6.45) is 1.66. The number of carbonyl (C=O) groups is 1. The number of hydrogen-bond donors (Lipinski definition) is 3. The van der Waals surface area contributed by atoms with Crippen LogP contribution in [0.5, 0.6) is 0 Å². The van der Waals surface area contributed by atoms with Crippen LogP contribution >= 0.6 is 0 Å². The number of hydrazine groups is 1. The van der Waals surface area contributed by atoms with Crippen molar-refractivity contribution >= 4 is 17.3 Å². The second-order valence-electron chi connectivity index (χ2n) is 3.97. The van der Waals surface area contributed by atoms with E-state index in [4.69, 9.17) is 10.4 Å². The Morgan fingerprint density at radius 2 is 2.29 bits per heavy atom. The smallest absolute Gasteiger partial charge is 0.293 e. The monoisotopic (exact) mass is 292 g/mol. The van der Waals surface area contributed by atoms with Crippen LogP contribution in [0.2, 0.25) is 0 Å². The molecule has 1 amide bonds. The second-order valence-corrected chi connectivity index (χ2v) is 3.97. The molecule has 0 saturated heterocycles. The zero-order valence-electron chi connectivity index (χ0n) is 10.8. The van der Waals surface area contributed by atoms with Gasteiger partial charge >= 0.3 is 0 Å². The van der Waals surface area contributed by atoms with Gasteiger partial charge < -0.3 is 15.3 Å². The van der Waals surface area contributed by atoms with Gasteiger partial charge in [0.2, 0.25) is 5.89 Å². The van der Waals surface area contributed by atoms with Crippen molar-refractivity contribution in [2.45, 2.75) is 6.42 Å². The van der Waals surface area contributed by atoms with E-state index in [9.17, 15) is 14.9 Å². The summed E-state index contributed by atoms with van der Waals surface area (Å²) in [5.74, 6) is 5.23. The molecule has 0 aliphatic heterocycles. The molecule has 2 aromatic rings. The molecule has 10 heteroatoms. The number of nitrogens with two attached hydrogens (primary N) is 1. The van der Waals surface area contributed by atoms with Crippen molar-refractivity contribution < 1.29 is 14.2 Å². The molecule has 0 radical (unpaired) electrons. The maximum Gasteiger partial charge on any atom is 0.293 e. The molecule has 1 aromatic carbocycles. The van der Waals surface area contributed by atoms with Gasteiger partial charge in [0.1, 0.15) is 5.69 Å². The minimum absolute atomic E-state index is 0.0598. The number of nitrogen functional groups attached to an aromatic ring is 1. The van der Waals surface area contributed by atoms with Crippen molar-refractivity contribution in [1.29, 1.82) is 0 Å². The summed E-state index contributed by atoms with van der Waals surface area (Å²) in [5, 5.41) is 16.8. The van der Waals surface area contributed by atoms with Crippen LogP contribution < -0.4 is 16.6 Å². The molecular formula is C11H12N6O4. The number of nitro benzene ring substituents is 1. The maximum absolute atomic E-state index is 11.9. The van der Waals surface area contributed by atoms with Gasteiger partial charge in [0.15, 0.2) is 6.33 Å². The number of aromatic nitrogens is 2. The largest absolute Gasteiger partial charge is 0.352 e. The van der Waals surface area contributed by atoms with Gasteiger partial charge in [-0.3, -0.25) is 20.8 Å². The van der Waals surface area contributed by atoms with Crippen LogP contribution in [0, 0.1) is 10.1 Å². The van der Waals surface area contributed by atoms with E-state index in [1.807, 2.05) is 0 Å². The van der Waals surface area contributed by atoms with Gasteiger partial charge in [0, 0.05) is 24.6 Å². The van der Waals surface area contributed by atoms with Crippen LogP contribution in [-0.2, 0) is 6.42 Å². The number of hydrogen-bond acceptors (Lipinski definition) is 8. The van der Waals surface area contributed by atoms with Crippen molar-refractivity contribution in [2.75, 3.05) is 12.0 Å². The van der Waals surface area contributed by atoms with E-state index in [1.54, 1.807) is 0 Å². The number of anilines is 1. The van der Waals surface area contributed by atoms with Crippen molar-refractivity contribution in [3.63, 3.8) is 0 Å². The summed E-state index contributed by atoms with van der Waals surface area (Å²) in [7, 11) is 0. The molecule has 0 spiro atoms. The predicted octanol–water partition coefficient (Wildman–Crippen LogP) is 0.236. The summed E-state index contributed by atoms with van der Waals surface area (Å²) < 4.78 is 4.79. The average molecular weight is 292 g/mol. The highest BCUT2D eigenvalue weighted by Gasteiger charge is 2.16. The van der Waals surface area contributed by atoms with Gasteiger partial charge in [-0.05, 0) is 12.1 Å². The van der Waals surface area contributed by atoms with E-state index in [1.165, 1.54) is 24.5 Å². The number of nitro groups is 1. The van der Waals surface area contributed by atoms with Crippen LogP contribution in [0.25, 0.3) is 0 Å². The number of nitrogens with zero attached hydrogens (tertiary/aromatic N) is 3. The average Bonchev–Trinajstić information content (AvgIpc) is 2.99. The first kappa shape index (κ1) is 14.4. The standard InChI is InChI=1S/C11H12N6O4/c12-16-8-5-7(1-2-9(8)17(19)20)11(18)13-4-3-10-14-6-15-21-10/h1-2,5-6,16H,3-4,12H2,(H,13,18). The lowest BCUT2D eigenvalue weighted by molar-refractivity contribution is -0.384. The lowest BCUT2D eigenvalue weighted by atomic mass is 10.1. The summed E-state index contributed by atoms with van der Waals surface area (Å²) >= 11 is 0. The third kappa shape index (κ3) is 3.51. The fraction of sp³-hybridized carbons (Fsp3) is 0.182. The Morgan fingerprint density at radius 3 is 2.90 bits per heavy atom. The van der Waals surface area contributed by atoms with Crippen LogP contribution in [0.4, 0.5) is 11.4 Å². The minimum atomic E-state index is -0.591. The molecule has 4 N–H and O–H groups in total. The highest BCUT2D eigenvalue weighted by molar-refractivity contribution is 5.95. The predicted molar refractivity (Wildman–Crippen MR) is 71.2 cm³/mol. The number of amides is 1. The van der Waals surface area contributed by atoms with E-state index < -0.39 is 4.92 Å². The van der Waals surface area contributed by atoms with Gasteiger partial charge in [0.05, 0.1) is 4.92 Å². The van der Waals surface area contributed by atoms with Crippen LogP contribution in [0.3, 0.4) is 0 Å². The van der Waals surface area contributed by atoms with Crippen LogP contribution in [0.1, 0.15) is 16.2 Å². The molecule has 0 unspecified atom stereocenters. The highest BCUT2D eigenvalue weighted by Crippen LogP contribution is 2.24. The zero-order chi connectivity index (χ0) is 15.2. The summed E-state index contributed by atoms with van der Waals surface area (Å²) in [6.45, 7) is 0.295. The Morgan fingerprint density at radius 1 is 1.48 bits per heavy atom. The number of nitrogens with one attached hydrogen (secondary N) is 2. The van der Waals surface area contributed by atoms with Gasteiger partial charge in [-0.2, -0.15) is 4.98 Å². The molecule has 0 fully saturated rings. The SMILES string of the molecule is NNc1cc(C(=O)NCCc2ncno2)ccc1[N+](=O)[O-]. The Hall–Kier alpha value is -3.01. The molecule has 2 rings (SSSR count). The summed E-state index contributed by atoms with van der Waals surface area (Å²) in [5.41, 5.74) is 2.30. The molecule has 1 heterocycles. The van der Waals surface area contributed by atoms with Gasteiger partial charge in [0.25, 0.3) is 11.6 Å². The first-order valence-electron chi connectivity index (χ1n) is 5.90. The van der Waals surface area contributed by atoms with Gasteiger partial charge in [-0.25, -0.2) is 0 Å². The van der Waals surface area contributed by atoms with E-state index in [-0.39, 0.29) is 22.8 Å². The molecule has 0 bridgehead atoms. The fourth-order valence-corrected chi connectivity index (χ4v) is 1.64. The minimum Gasteiger partial charge on any atom is -0.352 e. The summed E-state index contributed by atoms with van der Waals surface area (Å²) in [6, 6.07) is 3.86. The number of benzene rings is 1. The maximum atomic E-state index is 11.9. The Balaban J connectivity index is 2.00. The molecular weight excluding hydrogens is 280 g/mol. The molecule has 0 atom stereocenters. The lowest BCUT2D eigenvalue weighted by Gasteiger charge is -2.06. The van der Waals surface area contributed by atoms with E-state index in [0.29, 0.717) is 18.9 Å². The first-order chi connectivity index (χ1) is 10.1. The zero-order valence-corrected chi connectivity index (χ0v) is 10.8. The number of carbonyl (C=O) groups excluding carboxylic acids is 1. The van der Waals surface area contributed by atoms with Crippen LogP contribution in [-0.4, -0.2) is 27.5 Å². The van der Waals surface area contributed by atoms with Crippen molar-refractivity contribution in [3.05, 3.63) is 46.1 Å². The van der Waals surface area contributed by atoms with E-state index in [0.717, 1.165) is 0 Å². The Kier molecular flexibility index (Phi) is 4.41. The third-order valence-electron chi connectivity index (χ3n) is 2.64. The Bertz CT molecular complexity index is 642. The lowest BCUT2D eigenvalue weighted by Crippen LogP contribution is -2.26. The van der Waals surface area contributed by atoms with Gasteiger partial charge in [-0.15, -0.1) is 0 Å². The third-order valence-corrected chi connectivity index (χ3v) is 2.64. The first-order valence-corrected chi connectivity index (χ1v) is 5.90. The molecule has 1 aromatic heterocycles. The molecule has 0 aliphatic carbocycles. The van der Waals surface area contributed by atoms with Crippen molar-refractivity contribution in [2.24, 2.45) is 5.84 Å². The molecule has 10 nitrogen and oxygen atoms in total. The quantitative estimate of drug-likeness (QED) is 0.389. The van der Waals surface area contributed by atoms with E-state index >= 15 is 0 Å². The van der Waals surface area contributed by atoms with Gasteiger partial charge in [-0.1, -0.05) is 5.16 Å². The second kappa shape index (κ2) is 6.43. The summed E-state index contributed by atoms with van der Waals surface area (Å²) in [4.78, 5) is 25.9. The normalized spacial score (nSPS) is 10.1. The fourth-order valence-electron chi connectivity index (χ4n) is 1.64. The molecule has 21 heavy (non-hydrogen) atoms. The number of rotatable bonds is 6. The molecule has 0 aliphatic rings. The van der Waals surface area contributed by atoms with Crippen LogP contribution in [0.15, 0.2) is 29.0 Å². The van der Waals surface area contributed by atoms with E-state index in [2.05, 4.69) is 20.9 Å². The molecule has 0 saturated carbocycles. The molecule has 110 valence electrons. The highest BCUT2D eigenvalue weighted by atomic mass is 16.6.